The lowest BCUT2D eigenvalue weighted by Gasteiger charge is -2.36. The molecule has 0 radical (unpaired) electrons. The lowest BCUT2D eigenvalue weighted by molar-refractivity contribution is 0.100. The minimum atomic E-state index is -0.477. The van der Waals surface area contributed by atoms with Crippen LogP contribution < -0.4 is 16.0 Å². The number of carbonyl (C=O) groups excluding carboxylic acids is 1. The number of nitrogens with two attached hydrogens (primary N) is 1. The summed E-state index contributed by atoms with van der Waals surface area (Å²) in [6, 6.07) is 20.8. The maximum atomic E-state index is 11.6. The number of hydrogen-bond donors (Lipinski definition) is 2. The number of pyridine rings is 1. The van der Waals surface area contributed by atoms with Crippen LogP contribution in [0.4, 0.5) is 11.4 Å². The molecule has 2 aromatic carbocycles. The fourth-order valence-electron chi connectivity index (χ4n) is 3.86. The lowest BCUT2D eigenvalue weighted by atomic mass is 10.1. The largest absolute Gasteiger partial charge is 0.380 e. The Bertz CT molecular complexity index is 984. The molecule has 1 amide bonds. The number of aromatic nitrogens is 1. The maximum Gasteiger partial charge on any atom is 0.252 e. The van der Waals surface area contributed by atoms with E-state index in [0.717, 1.165) is 32.7 Å². The summed E-state index contributed by atoms with van der Waals surface area (Å²) in [7, 11) is 0. The van der Waals surface area contributed by atoms with Crippen LogP contribution in [0, 0.1) is 0 Å². The van der Waals surface area contributed by atoms with Crippen molar-refractivity contribution in [2.75, 3.05) is 36.4 Å². The highest BCUT2D eigenvalue weighted by molar-refractivity contribution is 5.98. The van der Waals surface area contributed by atoms with Gasteiger partial charge in [0.15, 0.2) is 0 Å². The number of rotatable bonds is 7. The van der Waals surface area contributed by atoms with E-state index in [-0.39, 0.29) is 0 Å². The molecule has 3 aromatic rings. The van der Waals surface area contributed by atoms with Crippen molar-refractivity contribution in [2.24, 2.45) is 5.73 Å². The zero-order valence-electron chi connectivity index (χ0n) is 17.0. The Hall–Kier alpha value is -3.38. The van der Waals surface area contributed by atoms with E-state index in [1.807, 2.05) is 0 Å². The molecule has 0 unspecified atom stereocenters. The Morgan fingerprint density at radius 1 is 0.933 bits per heavy atom. The summed E-state index contributed by atoms with van der Waals surface area (Å²) < 4.78 is 0. The molecule has 1 fully saturated rings. The number of primary amides is 1. The van der Waals surface area contributed by atoms with E-state index in [4.69, 9.17) is 5.73 Å². The molecule has 2 heterocycles. The number of amides is 1. The van der Waals surface area contributed by atoms with Crippen LogP contribution in [0.2, 0.25) is 0 Å². The Morgan fingerprint density at radius 3 is 2.37 bits per heavy atom. The maximum absolute atomic E-state index is 11.6. The number of nitrogens with one attached hydrogen (secondary N) is 1. The van der Waals surface area contributed by atoms with Crippen molar-refractivity contribution in [1.82, 2.24) is 9.88 Å². The van der Waals surface area contributed by atoms with Gasteiger partial charge in [-0.15, -0.1) is 0 Å². The van der Waals surface area contributed by atoms with Crippen molar-refractivity contribution < 1.29 is 4.79 Å². The molecule has 0 bridgehead atoms. The van der Waals surface area contributed by atoms with Gasteiger partial charge in [0.05, 0.1) is 11.3 Å². The van der Waals surface area contributed by atoms with Gasteiger partial charge in [-0.05, 0) is 29.3 Å². The van der Waals surface area contributed by atoms with E-state index < -0.39 is 5.91 Å². The number of benzene rings is 2. The molecule has 1 aromatic heterocycles. The fourth-order valence-corrected chi connectivity index (χ4v) is 3.86. The third-order valence-corrected chi connectivity index (χ3v) is 5.56. The van der Waals surface area contributed by atoms with Crippen LogP contribution in [0.1, 0.15) is 21.5 Å². The smallest absolute Gasteiger partial charge is 0.252 e. The van der Waals surface area contributed by atoms with Crippen LogP contribution in [-0.4, -0.2) is 42.0 Å². The second-order valence-electron chi connectivity index (χ2n) is 7.51. The summed E-state index contributed by atoms with van der Waals surface area (Å²) in [5.41, 5.74) is 10.4. The standard InChI is InChI=1S/C24H27N5O/c25-24(30)22-17-26-11-10-23(22)27-16-19-6-4-5-7-20(19)18-28-12-14-29(15-13-28)21-8-2-1-3-9-21/h1-11,17H,12-16,18H2,(H2,25,30)(H,26,27). The number of anilines is 2. The Kier molecular flexibility index (Phi) is 6.25. The van der Waals surface area contributed by atoms with E-state index in [1.165, 1.54) is 23.0 Å². The van der Waals surface area contributed by atoms with Gasteiger partial charge in [0, 0.05) is 57.3 Å². The van der Waals surface area contributed by atoms with Crippen LogP contribution in [-0.2, 0) is 13.1 Å². The third kappa shape index (κ3) is 4.78. The van der Waals surface area contributed by atoms with E-state index in [1.54, 1.807) is 12.3 Å². The first-order valence-corrected chi connectivity index (χ1v) is 10.3. The molecule has 1 saturated heterocycles. The molecule has 1 aliphatic rings. The topological polar surface area (TPSA) is 74.5 Å². The highest BCUT2D eigenvalue weighted by Gasteiger charge is 2.18. The van der Waals surface area contributed by atoms with Crippen molar-refractivity contribution in [1.29, 1.82) is 0 Å². The number of carbonyl (C=O) groups is 1. The van der Waals surface area contributed by atoms with Crippen molar-refractivity contribution in [3.05, 3.63) is 89.7 Å². The van der Waals surface area contributed by atoms with E-state index in [9.17, 15) is 4.79 Å². The van der Waals surface area contributed by atoms with E-state index in [2.05, 4.69) is 74.7 Å². The molecule has 6 nitrogen and oxygen atoms in total. The van der Waals surface area contributed by atoms with Crippen LogP contribution in [0.3, 0.4) is 0 Å². The number of para-hydroxylation sites is 1. The minimum Gasteiger partial charge on any atom is -0.380 e. The van der Waals surface area contributed by atoms with E-state index in [0.29, 0.717) is 17.8 Å². The third-order valence-electron chi connectivity index (χ3n) is 5.56. The van der Waals surface area contributed by atoms with Gasteiger partial charge in [-0.2, -0.15) is 0 Å². The van der Waals surface area contributed by atoms with Crippen molar-refractivity contribution >= 4 is 17.3 Å². The van der Waals surface area contributed by atoms with Crippen LogP contribution >= 0.6 is 0 Å². The molecule has 3 N–H and O–H groups in total. The van der Waals surface area contributed by atoms with Gasteiger partial charge in [0.25, 0.3) is 5.91 Å². The van der Waals surface area contributed by atoms with Crippen molar-refractivity contribution in [3.63, 3.8) is 0 Å². The van der Waals surface area contributed by atoms with Gasteiger partial charge in [-0.3, -0.25) is 14.7 Å². The Balaban J connectivity index is 1.38. The zero-order chi connectivity index (χ0) is 20.8. The predicted molar refractivity (Wildman–Crippen MR) is 120 cm³/mol. The minimum absolute atomic E-state index is 0.409. The fraction of sp³-hybridized carbons (Fsp3) is 0.250. The number of piperazine rings is 1. The van der Waals surface area contributed by atoms with Crippen LogP contribution in [0.15, 0.2) is 73.1 Å². The number of hydrogen-bond acceptors (Lipinski definition) is 5. The average molecular weight is 402 g/mol. The van der Waals surface area contributed by atoms with Crippen molar-refractivity contribution in [2.45, 2.75) is 13.1 Å². The molecule has 4 rings (SSSR count). The quantitative estimate of drug-likeness (QED) is 0.636. The molecule has 0 saturated carbocycles. The summed E-state index contributed by atoms with van der Waals surface area (Å²) in [6.07, 6.45) is 3.16. The first kappa shape index (κ1) is 19.9. The molecular formula is C24H27N5O. The SMILES string of the molecule is NC(=O)c1cnccc1NCc1ccccc1CN1CCN(c2ccccc2)CC1. The molecule has 1 aliphatic heterocycles. The highest BCUT2D eigenvalue weighted by atomic mass is 16.1. The summed E-state index contributed by atoms with van der Waals surface area (Å²) in [4.78, 5) is 20.6. The second kappa shape index (κ2) is 9.41. The van der Waals surface area contributed by atoms with Gasteiger partial charge in [0.1, 0.15) is 0 Å². The second-order valence-corrected chi connectivity index (χ2v) is 7.51. The molecule has 30 heavy (non-hydrogen) atoms. The van der Waals surface area contributed by atoms with Crippen LogP contribution in [0.5, 0.6) is 0 Å². The average Bonchev–Trinajstić information content (AvgIpc) is 2.80. The lowest BCUT2D eigenvalue weighted by Crippen LogP contribution is -2.46. The van der Waals surface area contributed by atoms with Gasteiger partial charge in [-0.1, -0.05) is 42.5 Å². The normalized spacial score (nSPS) is 14.5. The van der Waals surface area contributed by atoms with E-state index >= 15 is 0 Å². The Morgan fingerprint density at radius 2 is 1.63 bits per heavy atom. The molecule has 0 aliphatic carbocycles. The summed E-state index contributed by atoms with van der Waals surface area (Å²) in [5.74, 6) is -0.477. The van der Waals surface area contributed by atoms with Crippen LogP contribution in [0.25, 0.3) is 0 Å². The molecular weight excluding hydrogens is 374 g/mol. The number of nitrogens with zero attached hydrogens (tertiary/aromatic N) is 3. The molecule has 0 atom stereocenters. The predicted octanol–water partition coefficient (Wildman–Crippen LogP) is 3.11. The van der Waals surface area contributed by atoms with Gasteiger partial charge in [-0.25, -0.2) is 0 Å². The summed E-state index contributed by atoms with van der Waals surface area (Å²) >= 11 is 0. The van der Waals surface area contributed by atoms with Crippen molar-refractivity contribution in [3.8, 4) is 0 Å². The first-order valence-electron chi connectivity index (χ1n) is 10.3. The van der Waals surface area contributed by atoms with Gasteiger partial charge < -0.3 is 16.0 Å². The molecule has 154 valence electrons. The monoisotopic (exact) mass is 401 g/mol. The van der Waals surface area contributed by atoms with Gasteiger partial charge in [0.2, 0.25) is 0 Å². The van der Waals surface area contributed by atoms with Gasteiger partial charge >= 0.3 is 0 Å². The highest BCUT2D eigenvalue weighted by Crippen LogP contribution is 2.20. The molecule has 0 spiro atoms. The molecule has 6 heteroatoms. The summed E-state index contributed by atoms with van der Waals surface area (Å²) in [5, 5.41) is 3.35. The first-order chi connectivity index (χ1) is 14.7. The summed E-state index contributed by atoms with van der Waals surface area (Å²) in [6.45, 7) is 5.68. The Labute approximate surface area is 177 Å². The zero-order valence-corrected chi connectivity index (χ0v) is 17.0.